The zero-order valence-corrected chi connectivity index (χ0v) is 14.7. The van der Waals surface area contributed by atoms with E-state index in [1.54, 1.807) is 19.1 Å². The summed E-state index contributed by atoms with van der Waals surface area (Å²) in [4.78, 5) is 31.9. The number of amides is 3. The molecule has 1 aromatic rings. The number of carbonyl (C=O) groups is 2. The molecule has 0 bridgehead atoms. The first kappa shape index (κ1) is 20.0. The molecule has 144 valence electrons. The largest absolute Gasteiger partial charge is 0.397 e. The molecule has 1 atom stereocenters. The SMILES string of the molecule is CCCN(C(=O)CC(F)(F)F)[C@H]1CCc2ccccc2N1C(=O)NOC. The number of rotatable bonds is 5. The number of fused-ring (bicyclic) bond motifs is 1. The van der Waals surface area contributed by atoms with Gasteiger partial charge in [0.25, 0.3) is 0 Å². The van der Waals surface area contributed by atoms with Crippen molar-refractivity contribution in [3.8, 4) is 0 Å². The fraction of sp³-hybridized carbons (Fsp3) is 0.529. The van der Waals surface area contributed by atoms with Crippen LogP contribution in [0.1, 0.15) is 31.7 Å². The number of urea groups is 1. The molecular weight excluding hydrogens is 351 g/mol. The Morgan fingerprint density at radius 1 is 1.35 bits per heavy atom. The molecule has 6 nitrogen and oxygen atoms in total. The van der Waals surface area contributed by atoms with Crippen molar-refractivity contribution in [1.82, 2.24) is 10.4 Å². The van der Waals surface area contributed by atoms with Crippen LogP contribution in [0.3, 0.4) is 0 Å². The van der Waals surface area contributed by atoms with E-state index in [1.165, 1.54) is 12.0 Å². The molecule has 0 saturated heterocycles. The summed E-state index contributed by atoms with van der Waals surface area (Å²) in [6, 6.07) is 6.47. The Kier molecular flexibility index (Phi) is 6.47. The molecule has 0 radical (unpaired) electrons. The van der Waals surface area contributed by atoms with Crippen LogP contribution in [-0.4, -0.2) is 42.8 Å². The first-order valence-electron chi connectivity index (χ1n) is 8.34. The van der Waals surface area contributed by atoms with Gasteiger partial charge in [-0.3, -0.25) is 14.5 Å². The summed E-state index contributed by atoms with van der Waals surface area (Å²) in [5, 5.41) is 0. The highest BCUT2D eigenvalue weighted by molar-refractivity contribution is 5.94. The average molecular weight is 373 g/mol. The molecule has 2 rings (SSSR count). The second kappa shape index (κ2) is 8.39. The lowest BCUT2D eigenvalue weighted by Gasteiger charge is -2.43. The predicted octanol–water partition coefficient (Wildman–Crippen LogP) is 3.23. The smallest absolute Gasteiger partial charge is 0.321 e. The van der Waals surface area contributed by atoms with Gasteiger partial charge in [-0.2, -0.15) is 13.2 Å². The Morgan fingerprint density at radius 3 is 2.65 bits per heavy atom. The number of anilines is 1. The second-order valence-corrected chi connectivity index (χ2v) is 6.01. The number of hydrogen-bond acceptors (Lipinski definition) is 3. The third kappa shape index (κ3) is 4.66. The fourth-order valence-corrected chi connectivity index (χ4v) is 3.16. The van der Waals surface area contributed by atoms with Gasteiger partial charge < -0.3 is 4.90 Å². The van der Waals surface area contributed by atoms with Gasteiger partial charge >= 0.3 is 12.2 Å². The van der Waals surface area contributed by atoms with Crippen LogP contribution in [0.4, 0.5) is 23.7 Å². The van der Waals surface area contributed by atoms with E-state index in [0.29, 0.717) is 24.9 Å². The van der Waals surface area contributed by atoms with Crippen molar-refractivity contribution >= 4 is 17.6 Å². The number of carbonyl (C=O) groups excluding carboxylic acids is 2. The molecule has 0 saturated carbocycles. The highest BCUT2D eigenvalue weighted by atomic mass is 19.4. The van der Waals surface area contributed by atoms with Gasteiger partial charge in [0.05, 0.1) is 12.8 Å². The van der Waals surface area contributed by atoms with Gasteiger partial charge in [-0.1, -0.05) is 25.1 Å². The van der Waals surface area contributed by atoms with Gasteiger partial charge in [0.2, 0.25) is 5.91 Å². The summed E-state index contributed by atoms with van der Waals surface area (Å²) in [6.45, 7) is 1.89. The van der Waals surface area contributed by atoms with Crippen LogP contribution in [0, 0.1) is 0 Å². The first-order chi connectivity index (χ1) is 12.3. The van der Waals surface area contributed by atoms with Crippen molar-refractivity contribution in [1.29, 1.82) is 0 Å². The van der Waals surface area contributed by atoms with Crippen LogP contribution in [-0.2, 0) is 16.1 Å². The highest BCUT2D eigenvalue weighted by Crippen LogP contribution is 2.33. The van der Waals surface area contributed by atoms with E-state index in [1.807, 2.05) is 12.1 Å². The molecule has 1 aliphatic heterocycles. The molecule has 26 heavy (non-hydrogen) atoms. The van der Waals surface area contributed by atoms with Crippen molar-refractivity contribution in [2.75, 3.05) is 18.6 Å². The maximum Gasteiger partial charge on any atom is 0.397 e. The number of halogens is 3. The van der Waals surface area contributed by atoms with Crippen LogP contribution in [0.5, 0.6) is 0 Å². The molecule has 0 fully saturated rings. The molecule has 0 aliphatic carbocycles. The van der Waals surface area contributed by atoms with Crippen molar-refractivity contribution < 1.29 is 27.6 Å². The monoisotopic (exact) mass is 373 g/mol. The lowest BCUT2D eigenvalue weighted by Crippen LogP contribution is -2.58. The number of aryl methyl sites for hydroxylation is 1. The van der Waals surface area contributed by atoms with Crippen molar-refractivity contribution in [3.63, 3.8) is 0 Å². The van der Waals surface area contributed by atoms with E-state index in [2.05, 4.69) is 10.3 Å². The van der Waals surface area contributed by atoms with Gasteiger partial charge in [-0.25, -0.2) is 10.3 Å². The molecule has 0 spiro atoms. The maximum absolute atomic E-state index is 12.7. The molecule has 0 unspecified atom stereocenters. The predicted molar refractivity (Wildman–Crippen MR) is 89.2 cm³/mol. The van der Waals surface area contributed by atoms with Gasteiger partial charge in [-0.05, 0) is 30.9 Å². The number of nitrogens with one attached hydrogen (secondary N) is 1. The lowest BCUT2D eigenvalue weighted by atomic mass is 9.98. The Balaban J connectivity index is 2.39. The number of nitrogens with zero attached hydrogens (tertiary/aromatic N) is 2. The molecule has 1 N–H and O–H groups in total. The van der Waals surface area contributed by atoms with Crippen molar-refractivity contribution in [2.45, 2.75) is 44.9 Å². The van der Waals surface area contributed by atoms with Crippen molar-refractivity contribution in [2.24, 2.45) is 0 Å². The molecule has 3 amide bonds. The van der Waals surface area contributed by atoms with Gasteiger partial charge in [0.15, 0.2) is 0 Å². The third-order valence-electron chi connectivity index (χ3n) is 4.13. The van der Waals surface area contributed by atoms with Crippen LogP contribution in [0.15, 0.2) is 24.3 Å². The highest BCUT2D eigenvalue weighted by Gasteiger charge is 2.40. The van der Waals surface area contributed by atoms with Crippen LogP contribution in [0.25, 0.3) is 0 Å². The van der Waals surface area contributed by atoms with E-state index in [0.717, 1.165) is 10.5 Å². The average Bonchev–Trinajstić information content (AvgIpc) is 2.57. The summed E-state index contributed by atoms with van der Waals surface area (Å²) in [5.74, 6) is -1.04. The maximum atomic E-state index is 12.7. The number of hydroxylamine groups is 1. The zero-order valence-electron chi connectivity index (χ0n) is 14.7. The number of benzene rings is 1. The zero-order chi connectivity index (χ0) is 19.3. The molecule has 1 aromatic carbocycles. The van der Waals surface area contributed by atoms with Gasteiger partial charge in [-0.15, -0.1) is 0 Å². The lowest BCUT2D eigenvalue weighted by molar-refractivity contribution is -0.163. The fourth-order valence-electron chi connectivity index (χ4n) is 3.16. The number of para-hydroxylation sites is 1. The minimum Gasteiger partial charge on any atom is -0.321 e. The molecule has 1 heterocycles. The summed E-state index contributed by atoms with van der Waals surface area (Å²) in [6.07, 6.45) is -5.59. The topological polar surface area (TPSA) is 61.9 Å². The van der Waals surface area contributed by atoms with E-state index >= 15 is 0 Å². The summed E-state index contributed by atoms with van der Waals surface area (Å²) in [5.41, 5.74) is 3.64. The standard InChI is InChI=1S/C17H22F3N3O3/c1-3-10-22(15(24)11-17(18,19)20)14-9-8-12-6-4-5-7-13(12)23(14)16(25)21-26-2/h4-7,14H,3,8-11H2,1-2H3,(H,21,25)/t14-/m1/s1. The molecule has 9 heteroatoms. The van der Waals surface area contributed by atoms with E-state index in [4.69, 9.17) is 0 Å². The minimum absolute atomic E-state index is 0.124. The van der Waals surface area contributed by atoms with Gasteiger partial charge in [0.1, 0.15) is 12.6 Å². The third-order valence-corrected chi connectivity index (χ3v) is 4.13. The molecule has 0 aromatic heterocycles. The quantitative estimate of drug-likeness (QED) is 0.806. The first-order valence-corrected chi connectivity index (χ1v) is 8.34. The summed E-state index contributed by atoms with van der Waals surface area (Å²) in [7, 11) is 1.27. The Bertz CT molecular complexity index is 652. The number of alkyl halides is 3. The van der Waals surface area contributed by atoms with Crippen LogP contribution < -0.4 is 10.4 Å². The summed E-state index contributed by atoms with van der Waals surface area (Å²) < 4.78 is 38.2. The number of hydrogen-bond donors (Lipinski definition) is 1. The van der Waals surface area contributed by atoms with E-state index in [9.17, 15) is 22.8 Å². The van der Waals surface area contributed by atoms with Crippen LogP contribution >= 0.6 is 0 Å². The van der Waals surface area contributed by atoms with Crippen LogP contribution in [0.2, 0.25) is 0 Å². The Morgan fingerprint density at radius 2 is 2.04 bits per heavy atom. The Hall–Kier alpha value is -2.29. The molecular formula is C17H22F3N3O3. The normalized spacial score (nSPS) is 16.8. The van der Waals surface area contributed by atoms with Crippen molar-refractivity contribution in [3.05, 3.63) is 29.8 Å². The van der Waals surface area contributed by atoms with E-state index < -0.39 is 30.7 Å². The minimum atomic E-state index is -4.60. The summed E-state index contributed by atoms with van der Waals surface area (Å²) >= 11 is 0. The molecule has 1 aliphatic rings. The van der Waals surface area contributed by atoms with Gasteiger partial charge in [0, 0.05) is 6.54 Å². The van der Waals surface area contributed by atoms with E-state index in [-0.39, 0.29) is 6.54 Å². The Labute approximate surface area is 149 Å². The second-order valence-electron chi connectivity index (χ2n) is 6.01.